The number of halogens is 1. The number of likely N-dealkylation sites (N-methyl/N-ethyl adjacent to an activating group) is 1. The van der Waals surface area contributed by atoms with Gasteiger partial charge in [-0.2, -0.15) is 0 Å². The molecule has 140 valence electrons. The normalized spacial score (nSPS) is 10.6. The average Bonchev–Trinajstić information content (AvgIpc) is 2.95. The number of benzene rings is 1. The Morgan fingerprint density at radius 1 is 1.27 bits per heavy atom. The van der Waals surface area contributed by atoms with Gasteiger partial charge in [0.2, 0.25) is 11.8 Å². The molecule has 1 aromatic carbocycles. The number of hydrogen-bond acceptors (Lipinski definition) is 5. The first-order valence-electron chi connectivity index (χ1n) is 8.18. The Bertz CT molecular complexity index is 763. The number of hydrogen-bond donors (Lipinski definition) is 1. The minimum Gasteiger partial charge on any atom is -0.350 e. The summed E-state index contributed by atoms with van der Waals surface area (Å²) in [5.74, 6) is 0.232. The Kier molecular flexibility index (Phi) is 7.14. The Morgan fingerprint density at radius 2 is 1.96 bits per heavy atom. The molecule has 0 radical (unpaired) electrons. The van der Waals surface area contributed by atoms with Crippen LogP contribution < -0.4 is 5.32 Å². The van der Waals surface area contributed by atoms with Gasteiger partial charge in [-0.1, -0.05) is 23.9 Å². The molecule has 26 heavy (non-hydrogen) atoms. The van der Waals surface area contributed by atoms with Gasteiger partial charge in [-0.3, -0.25) is 9.59 Å². The van der Waals surface area contributed by atoms with Crippen molar-refractivity contribution in [2.75, 3.05) is 18.8 Å². The molecule has 0 bridgehead atoms. The molecule has 1 heterocycles. The third kappa shape index (κ3) is 5.55. The zero-order valence-electron chi connectivity index (χ0n) is 15.0. The summed E-state index contributed by atoms with van der Waals surface area (Å²) in [6.07, 6.45) is 0. The van der Waals surface area contributed by atoms with Gasteiger partial charge in [-0.25, -0.2) is 4.39 Å². The van der Waals surface area contributed by atoms with Crippen molar-refractivity contribution in [1.82, 2.24) is 25.0 Å². The van der Waals surface area contributed by atoms with E-state index in [2.05, 4.69) is 15.5 Å². The molecule has 2 aromatic rings. The molecule has 0 atom stereocenters. The topological polar surface area (TPSA) is 80.1 Å². The van der Waals surface area contributed by atoms with E-state index in [9.17, 15) is 14.0 Å². The molecule has 7 nitrogen and oxygen atoms in total. The maximum absolute atomic E-state index is 12.9. The van der Waals surface area contributed by atoms with Crippen LogP contribution in [-0.4, -0.2) is 50.3 Å². The van der Waals surface area contributed by atoms with Crippen LogP contribution in [0, 0.1) is 12.7 Å². The van der Waals surface area contributed by atoms with Gasteiger partial charge in [0.15, 0.2) is 5.16 Å². The van der Waals surface area contributed by atoms with Gasteiger partial charge in [0.05, 0.1) is 12.3 Å². The first-order chi connectivity index (χ1) is 12.4. The van der Waals surface area contributed by atoms with E-state index in [1.165, 1.54) is 28.8 Å². The number of amides is 2. The Labute approximate surface area is 156 Å². The van der Waals surface area contributed by atoms with Crippen molar-refractivity contribution in [2.24, 2.45) is 7.05 Å². The predicted octanol–water partition coefficient (Wildman–Crippen LogP) is 1.52. The van der Waals surface area contributed by atoms with Crippen molar-refractivity contribution in [1.29, 1.82) is 0 Å². The van der Waals surface area contributed by atoms with E-state index in [4.69, 9.17) is 0 Å². The van der Waals surface area contributed by atoms with Crippen LogP contribution in [0.1, 0.15) is 18.3 Å². The number of aryl methyl sites for hydroxylation is 1. The molecule has 0 aliphatic rings. The van der Waals surface area contributed by atoms with E-state index in [1.807, 2.05) is 25.5 Å². The summed E-state index contributed by atoms with van der Waals surface area (Å²) < 4.78 is 14.7. The van der Waals surface area contributed by atoms with Crippen molar-refractivity contribution in [3.05, 3.63) is 41.5 Å². The molecule has 0 saturated carbocycles. The van der Waals surface area contributed by atoms with Crippen LogP contribution in [0.15, 0.2) is 29.4 Å². The van der Waals surface area contributed by atoms with Crippen LogP contribution in [0.3, 0.4) is 0 Å². The van der Waals surface area contributed by atoms with Crippen molar-refractivity contribution < 1.29 is 14.0 Å². The van der Waals surface area contributed by atoms with E-state index in [1.54, 1.807) is 12.1 Å². The van der Waals surface area contributed by atoms with Gasteiger partial charge in [-0.15, -0.1) is 10.2 Å². The fourth-order valence-corrected chi connectivity index (χ4v) is 3.00. The molecule has 1 aromatic heterocycles. The van der Waals surface area contributed by atoms with Crippen molar-refractivity contribution in [2.45, 2.75) is 25.5 Å². The summed E-state index contributed by atoms with van der Waals surface area (Å²) in [4.78, 5) is 25.9. The molecule has 0 unspecified atom stereocenters. The Hall–Kier alpha value is -2.42. The minimum absolute atomic E-state index is 0.0189. The number of nitrogens with zero attached hydrogens (tertiary/aromatic N) is 4. The summed E-state index contributed by atoms with van der Waals surface area (Å²) in [6.45, 7) is 4.36. The van der Waals surface area contributed by atoms with Crippen LogP contribution in [0.4, 0.5) is 4.39 Å². The van der Waals surface area contributed by atoms with E-state index in [0.29, 0.717) is 11.7 Å². The lowest BCUT2D eigenvalue weighted by Crippen LogP contribution is -2.41. The molecule has 0 aliphatic heterocycles. The van der Waals surface area contributed by atoms with E-state index < -0.39 is 0 Å². The van der Waals surface area contributed by atoms with E-state index >= 15 is 0 Å². The fourth-order valence-electron chi connectivity index (χ4n) is 2.14. The zero-order chi connectivity index (χ0) is 19.1. The number of carbonyl (C=O) groups is 2. The van der Waals surface area contributed by atoms with Gasteiger partial charge in [0.25, 0.3) is 0 Å². The lowest BCUT2D eigenvalue weighted by molar-refractivity contribution is -0.133. The quantitative estimate of drug-likeness (QED) is 0.704. The molecule has 2 amide bonds. The Morgan fingerprint density at radius 3 is 2.54 bits per heavy atom. The molecule has 9 heteroatoms. The summed E-state index contributed by atoms with van der Waals surface area (Å²) >= 11 is 1.29. The number of carbonyl (C=O) groups excluding carboxylic acids is 2. The molecule has 0 aliphatic carbocycles. The molecular weight excluding hydrogens is 357 g/mol. The molecular formula is C17H22FN5O2S. The summed E-state index contributed by atoms with van der Waals surface area (Å²) in [6, 6.07) is 5.90. The van der Waals surface area contributed by atoms with Crippen LogP contribution >= 0.6 is 11.8 Å². The van der Waals surface area contributed by atoms with Crippen molar-refractivity contribution in [3.8, 4) is 0 Å². The smallest absolute Gasteiger partial charge is 0.239 e. The highest BCUT2D eigenvalue weighted by atomic mass is 32.2. The number of nitrogens with one attached hydrogen (secondary N) is 1. The summed E-state index contributed by atoms with van der Waals surface area (Å²) in [5, 5.41) is 11.3. The van der Waals surface area contributed by atoms with Crippen LogP contribution in [0.25, 0.3) is 0 Å². The highest BCUT2D eigenvalue weighted by molar-refractivity contribution is 7.99. The molecule has 0 fully saturated rings. The highest BCUT2D eigenvalue weighted by Gasteiger charge is 2.17. The molecule has 2 rings (SSSR count). The number of thioether (sulfide) groups is 1. The van der Waals surface area contributed by atoms with Crippen LogP contribution in [0.2, 0.25) is 0 Å². The largest absolute Gasteiger partial charge is 0.350 e. The van der Waals surface area contributed by atoms with Crippen LogP contribution in [-0.2, 0) is 23.2 Å². The number of aromatic nitrogens is 3. The molecule has 0 spiro atoms. The van der Waals surface area contributed by atoms with Gasteiger partial charge < -0.3 is 14.8 Å². The first-order valence-corrected chi connectivity index (χ1v) is 9.17. The third-order valence-corrected chi connectivity index (χ3v) is 4.85. The number of rotatable bonds is 8. The fraction of sp³-hybridized carbons (Fsp3) is 0.412. The lowest BCUT2D eigenvalue weighted by atomic mass is 10.2. The monoisotopic (exact) mass is 379 g/mol. The van der Waals surface area contributed by atoms with Gasteiger partial charge in [0, 0.05) is 20.1 Å². The van der Waals surface area contributed by atoms with Gasteiger partial charge in [-0.05, 0) is 31.5 Å². The van der Waals surface area contributed by atoms with E-state index in [-0.39, 0.29) is 36.5 Å². The molecule has 1 N–H and O–H groups in total. The predicted molar refractivity (Wildman–Crippen MR) is 97.0 cm³/mol. The third-order valence-electron chi connectivity index (χ3n) is 3.85. The maximum atomic E-state index is 12.9. The average molecular weight is 379 g/mol. The lowest BCUT2D eigenvalue weighted by Gasteiger charge is -2.20. The van der Waals surface area contributed by atoms with Crippen molar-refractivity contribution >= 4 is 23.6 Å². The van der Waals surface area contributed by atoms with Gasteiger partial charge >= 0.3 is 0 Å². The zero-order valence-corrected chi connectivity index (χ0v) is 15.8. The summed E-state index contributed by atoms with van der Waals surface area (Å²) in [7, 11) is 1.84. The van der Waals surface area contributed by atoms with Gasteiger partial charge in [0.1, 0.15) is 11.6 Å². The second kappa shape index (κ2) is 9.33. The van der Waals surface area contributed by atoms with Crippen LogP contribution in [0.5, 0.6) is 0 Å². The highest BCUT2D eigenvalue weighted by Crippen LogP contribution is 2.15. The first kappa shape index (κ1) is 19.9. The van der Waals surface area contributed by atoms with Crippen molar-refractivity contribution in [3.63, 3.8) is 0 Å². The second-order valence-electron chi connectivity index (χ2n) is 5.69. The Balaban J connectivity index is 1.81. The maximum Gasteiger partial charge on any atom is 0.239 e. The second-order valence-corrected chi connectivity index (χ2v) is 6.63. The SMILES string of the molecule is CCN(CC(=O)NCc1ccc(F)cc1)C(=O)CSc1nnc(C)n1C. The standard InChI is InChI=1S/C17H22FN5O2S/c1-4-23(16(25)11-26-17-21-20-12(2)22(17)3)10-15(24)19-9-13-5-7-14(18)8-6-13/h5-8H,4,9-11H2,1-3H3,(H,19,24). The molecule has 0 saturated heterocycles. The summed E-state index contributed by atoms with van der Waals surface area (Å²) in [5.41, 5.74) is 0.794. The van der Waals surface area contributed by atoms with E-state index in [0.717, 1.165) is 11.4 Å². The minimum atomic E-state index is -0.321.